The van der Waals surface area contributed by atoms with Crippen LogP contribution >= 0.6 is 11.8 Å². The van der Waals surface area contributed by atoms with Crippen LogP contribution in [0.3, 0.4) is 0 Å². The van der Waals surface area contributed by atoms with E-state index in [1.54, 1.807) is 11.8 Å². The van der Waals surface area contributed by atoms with E-state index in [0.29, 0.717) is 23.0 Å². The monoisotopic (exact) mass is 756 g/mol. The number of hydrogen-bond donors (Lipinski definition) is 0. The molecule has 9 aromatic rings. The lowest BCUT2D eigenvalue weighted by Crippen LogP contribution is -2.32. The fourth-order valence-corrected chi connectivity index (χ4v) is 10.1. The second-order valence-electron chi connectivity index (χ2n) is 14.7. The Labute approximate surface area is 341 Å². The molecule has 11 rings (SSSR count). The first kappa shape index (κ1) is 33.9. The maximum absolute atomic E-state index is 9.71. The molecule has 1 aliphatic heterocycles. The largest absolute Gasteiger partial charge is 0.208 e. The quantitative estimate of drug-likeness (QED) is 0.175. The van der Waals surface area contributed by atoms with Crippen molar-refractivity contribution < 1.29 is 0 Å². The normalized spacial score (nSPS) is 12.9. The second kappa shape index (κ2) is 13.7. The van der Waals surface area contributed by atoms with Crippen molar-refractivity contribution in [2.24, 2.45) is 0 Å². The Balaban J connectivity index is 1.12. The van der Waals surface area contributed by atoms with Gasteiger partial charge in [0.1, 0.15) is 0 Å². The summed E-state index contributed by atoms with van der Waals surface area (Å²) in [5.41, 5.74) is 14.8. The van der Waals surface area contributed by atoms with E-state index in [9.17, 15) is 5.26 Å². The van der Waals surface area contributed by atoms with Crippen LogP contribution in [0.25, 0.3) is 67.5 Å². The molecule has 5 heteroatoms. The van der Waals surface area contributed by atoms with Crippen molar-refractivity contribution in [1.82, 2.24) is 15.0 Å². The first-order chi connectivity index (χ1) is 28.7. The molecule has 0 radical (unpaired) electrons. The van der Waals surface area contributed by atoms with Gasteiger partial charge < -0.3 is 0 Å². The fourth-order valence-electron chi connectivity index (χ4n) is 8.82. The molecule has 8 aromatic carbocycles. The molecule has 0 saturated carbocycles. The van der Waals surface area contributed by atoms with E-state index in [1.807, 2.05) is 54.6 Å². The summed E-state index contributed by atoms with van der Waals surface area (Å²) in [6, 6.07) is 70.4. The summed E-state index contributed by atoms with van der Waals surface area (Å²) in [5, 5.41) is 9.71. The molecule has 0 fully saturated rings. The number of rotatable bonds is 5. The number of nitrogens with zero attached hydrogens (tertiary/aromatic N) is 4. The summed E-state index contributed by atoms with van der Waals surface area (Å²) in [6.07, 6.45) is 0. The summed E-state index contributed by atoms with van der Waals surface area (Å²) in [6.45, 7) is 0. The molecule has 0 unspecified atom stereocenters. The van der Waals surface area contributed by atoms with Gasteiger partial charge in [-0.2, -0.15) is 5.26 Å². The van der Waals surface area contributed by atoms with Crippen molar-refractivity contribution in [3.05, 3.63) is 222 Å². The Morgan fingerprint density at radius 3 is 1.45 bits per heavy atom. The maximum atomic E-state index is 9.71. The molecule has 0 amide bonds. The predicted octanol–water partition coefficient (Wildman–Crippen LogP) is 12.9. The van der Waals surface area contributed by atoms with E-state index in [1.165, 1.54) is 38.3 Å². The fraction of sp³-hybridized carbons (Fsp3) is 0.0189. The molecule has 0 bridgehead atoms. The van der Waals surface area contributed by atoms with Gasteiger partial charge in [-0.3, -0.25) is 0 Å². The first-order valence-electron chi connectivity index (χ1n) is 19.3. The smallest absolute Gasteiger partial charge is 0.164 e. The SMILES string of the molecule is N#Cc1cccc(-c2ccc3c(c2)Sc2cc(-c4nc(-c5ccccc5)nc(-c5cccc(-c6ccccc6)c5)n4)ccc2C32c3ccccc3-c3ccccc32)c1. The van der Waals surface area contributed by atoms with Gasteiger partial charge in [0, 0.05) is 26.5 Å². The molecule has 1 aliphatic carbocycles. The van der Waals surface area contributed by atoms with E-state index in [4.69, 9.17) is 15.0 Å². The average Bonchev–Trinajstić information content (AvgIpc) is 3.59. The molecule has 0 saturated heterocycles. The van der Waals surface area contributed by atoms with Gasteiger partial charge in [-0.15, -0.1) is 0 Å². The van der Waals surface area contributed by atoms with Gasteiger partial charge in [0.2, 0.25) is 0 Å². The minimum Gasteiger partial charge on any atom is -0.208 e. The molecule has 58 heavy (non-hydrogen) atoms. The van der Waals surface area contributed by atoms with Gasteiger partial charge in [0.25, 0.3) is 0 Å². The zero-order valence-corrected chi connectivity index (χ0v) is 32.0. The highest BCUT2D eigenvalue weighted by Gasteiger charge is 2.50. The zero-order valence-electron chi connectivity index (χ0n) is 31.2. The summed E-state index contributed by atoms with van der Waals surface area (Å²) in [4.78, 5) is 17.7. The summed E-state index contributed by atoms with van der Waals surface area (Å²) in [5.74, 6) is 1.86. The highest BCUT2D eigenvalue weighted by atomic mass is 32.2. The highest BCUT2D eigenvalue weighted by Crippen LogP contribution is 2.62. The molecular weight excluding hydrogens is 725 g/mol. The molecule has 270 valence electrons. The standard InChI is InChI=1S/C53H32N4S/c54-33-34-13-11-18-37(29-34)39-25-27-46-48(31-39)58-49-32-41(26-28-47(49)53(46)44-23-9-7-21-42(44)43-22-8-10-24-45(43)53)52-56-50(36-16-5-2-6-17-36)55-51(57-52)40-20-12-19-38(30-40)35-14-3-1-4-15-35/h1-32H. The van der Waals surface area contributed by atoms with E-state index in [2.05, 4.69) is 146 Å². The van der Waals surface area contributed by atoms with E-state index < -0.39 is 5.41 Å². The molecular formula is C53H32N4S. The number of nitriles is 1. The first-order valence-corrected chi connectivity index (χ1v) is 20.1. The topological polar surface area (TPSA) is 62.5 Å². The minimum absolute atomic E-state index is 0.536. The van der Waals surface area contributed by atoms with Crippen LogP contribution in [-0.4, -0.2) is 15.0 Å². The lowest BCUT2D eigenvalue weighted by molar-refractivity contribution is 0.722. The Bertz CT molecular complexity index is 3070. The van der Waals surface area contributed by atoms with Crippen molar-refractivity contribution in [3.63, 3.8) is 0 Å². The van der Waals surface area contributed by atoms with Crippen LogP contribution in [0.4, 0.5) is 0 Å². The van der Waals surface area contributed by atoms with Crippen molar-refractivity contribution in [3.8, 4) is 73.6 Å². The molecule has 1 aromatic heterocycles. The third-order valence-electron chi connectivity index (χ3n) is 11.4. The molecule has 4 nitrogen and oxygen atoms in total. The highest BCUT2D eigenvalue weighted by molar-refractivity contribution is 7.99. The zero-order chi connectivity index (χ0) is 38.6. The van der Waals surface area contributed by atoms with Crippen molar-refractivity contribution in [2.75, 3.05) is 0 Å². The molecule has 2 heterocycles. The van der Waals surface area contributed by atoms with Gasteiger partial charge in [0.05, 0.1) is 17.0 Å². The van der Waals surface area contributed by atoms with Crippen LogP contribution in [0.2, 0.25) is 0 Å². The average molecular weight is 757 g/mol. The lowest BCUT2D eigenvalue weighted by atomic mass is 9.67. The van der Waals surface area contributed by atoms with Crippen molar-refractivity contribution in [1.29, 1.82) is 5.26 Å². The molecule has 2 aliphatic rings. The molecule has 0 N–H and O–H groups in total. The van der Waals surface area contributed by atoms with Gasteiger partial charge in [0.15, 0.2) is 17.5 Å². The number of benzene rings is 8. The number of fused-ring (bicyclic) bond motifs is 9. The third kappa shape index (κ3) is 5.42. The van der Waals surface area contributed by atoms with Crippen LogP contribution in [-0.2, 0) is 5.41 Å². The Morgan fingerprint density at radius 2 is 0.810 bits per heavy atom. The van der Waals surface area contributed by atoms with Gasteiger partial charge in [-0.1, -0.05) is 176 Å². The van der Waals surface area contributed by atoms with Gasteiger partial charge >= 0.3 is 0 Å². The Kier molecular flexibility index (Phi) is 7.99. The van der Waals surface area contributed by atoms with Crippen LogP contribution < -0.4 is 0 Å². The minimum atomic E-state index is -0.536. The van der Waals surface area contributed by atoms with Crippen LogP contribution in [0.15, 0.2) is 204 Å². The number of aromatic nitrogens is 3. The summed E-state index contributed by atoms with van der Waals surface area (Å²) in [7, 11) is 0. The lowest BCUT2D eigenvalue weighted by Gasteiger charge is -2.40. The van der Waals surface area contributed by atoms with Crippen LogP contribution in [0, 0.1) is 11.3 Å². The Morgan fingerprint density at radius 1 is 0.362 bits per heavy atom. The van der Waals surface area contributed by atoms with E-state index in [-0.39, 0.29) is 0 Å². The van der Waals surface area contributed by atoms with Crippen molar-refractivity contribution >= 4 is 11.8 Å². The van der Waals surface area contributed by atoms with Crippen LogP contribution in [0.5, 0.6) is 0 Å². The van der Waals surface area contributed by atoms with Crippen LogP contribution in [0.1, 0.15) is 27.8 Å². The summed E-state index contributed by atoms with van der Waals surface area (Å²) < 4.78 is 0. The number of hydrogen-bond acceptors (Lipinski definition) is 5. The van der Waals surface area contributed by atoms with Gasteiger partial charge in [-0.05, 0) is 86.0 Å². The van der Waals surface area contributed by atoms with Crippen molar-refractivity contribution in [2.45, 2.75) is 15.2 Å². The van der Waals surface area contributed by atoms with E-state index >= 15 is 0 Å². The van der Waals surface area contributed by atoms with E-state index in [0.717, 1.165) is 43.8 Å². The molecule has 1 spiro atoms. The Hall–Kier alpha value is -7.39. The van der Waals surface area contributed by atoms with Gasteiger partial charge in [-0.25, -0.2) is 15.0 Å². The summed E-state index contributed by atoms with van der Waals surface area (Å²) >= 11 is 1.78. The predicted molar refractivity (Wildman–Crippen MR) is 233 cm³/mol. The maximum Gasteiger partial charge on any atom is 0.164 e. The molecule has 0 atom stereocenters. The third-order valence-corrected chi connectivity index (χ3v) is 12.5. The second-order valence-corrected chi connectivity index (χ2v) is 15.8.